The maximum atomic E-state index is 12.2. The lowest BCUT2D eigenvalue weighted by molar-refractivity contribution is -0.144. The molecule has 2 atom stereocenters. The molecule has 2 aliphatic rings. The van der Waals surface area contributed by atoms with Crippen LogP contribution >= 0.6 is 0 Å². The van der Waals surface area contributed by atoms with Crippen LogP contribution in [0.1, 0.15) is 55.1 Å². The molecule has 4 heterocycles. The Balaban J connectivity index is 0.000000234. The smallest absolute Gasteiger partial charge is 0.314 e. The Morgan fingerprint density at radius 1 is 0.800 bits per heavy atom. The monoisotopic (exact) mass is 746 g/mol. The van der Waals surface area contributed by atoms with Gasteiger partial charge >= 0.3 is 11.9 Å². The number of nitrogens with two attached hydrogens (primary N) is 2. The number of fused-ring (bicyclic) bond motifs is 2. The molecule has 0 spiro atoms. The van der Waals surface area contributed by atoms with Gasteiger partial charge in [-0.2, -0.15) is 10.5 Å². The average molecular weight is 747 g/mol. The van der Waals surface area contributed by atoms with Crippen LogP contribution < -0.4 is 30.4 Å². The van der Waals surface area contributed by atoms with Crippen molar-refractivity contribution in [1.82, 2.24) is 9.97 Å². The summed E-state index contributed by atoms with van der Waals surface area (Å²) < 4.78 is 31.1. The van der Waals surface area contributed by atoms with Gasteiger partial charge in [0.25, 0.3) is 0 Å². The molecule has 2 unspecified atom stereocenters. The third-order valence-electron chi connectivity index (χ3n) is 8.24. The molecule has 17 heteroatoms. The lowest BCUT2D eigenvalue weighted by atomic mass is 9.92. The first-order valence-electron chi connectivity index (χ1n) is 16.2. The molecule has 2 aliphatic heterocycles. The van der Waals surface area contributed by atoms with Crippen LogP contribution in [0.15, 0.2) is 36.4 Å². The van der Waals surface area contributed by atoms with Gasteiger partial charge < -0.3 is 45.0 Å². The number of aliphatic hydroxyl groups is 1. The summed E-state index contributed by atoms with van der Waals surface area (Å²) in [4.78, 5) is 39.3. The number of nitriles is 2. The number of methoxy groups -OCH3 is 1. The highest BCUT2D eigenvalue weighted by Gasteiger charge is 2.30. The summed E-state index contributed by atoms with van der Waals surface area (Å²) in [5.74, 6) is -0.665. The van der Waals surface area contributed by atoms with Crippen molar-refractivity contribution in [2.75, 3.05) is 45.9 Å². The van der Waals surface area contributed by atoms with Crippen LogP contribution in [0.25, 0.3) is 31.9 Å². The number of hydrogen-bond acceptors (Lipinski definition) is 15. The third kappa shape index (κ3) is 7.93. The van der Waals surface area contributed by atoms with Crippen molar-refractivity contribution in [3.05, 3.63) is 81.7 Å². The number of rotatable bonds is 7. The van der Waals surface area contributed by atoms with Crippen LogP contribution in [0.5, 0.6) is 23.0 Å². The lowest BCUT2D eigenvalue weighted by Gasteiger charge is -2.17. The van der Waals surface area contributed by atoms with E-state index < -0.39 is 23.8 Å². The Morgan fingerprint density at radius 3 is 1.56 bits per heavy atom. The number of carbonyl (C=O) groups excluding carboxylic acids is 2. The second-order valence-electron chi connectivity index (χ2n) is 11.3. The average Bonchev–Trinajstić information content (AvgIpc) is 3.89. The van der Waals surface area contributed by atoms with Crippen molar-refractivity contribution in [3.8, 4) is 57.4 Å². The SMILES string of the molecule is CO.[C-]#[N+]c1c(N)nc(C(C)C(=O)OC)c(C#N)c1-c1ccc2c(c1)OCO2.[C-]#[N+]c1c(N)nc(C(C)C(=O)OCC)c(C#N)c1-c1ccc2c(c1)OCO2. The van der Waals surface area contributed by atoms with Gasteiger partial charge in [-0.15, -0.1) is 0 Å². The molecular formula is C38H34N8O9. The zero-order chi connectivity index (χ0) is 40.4. The van der Waals surface area contributed by atoms with Gasteiger partial charge in [0.15, 0.2) is 23.0 Å². The predicted molar refractivity (Wildman–Crippen MR) is 196 cm³/mol. The molecule has 17 nitrogen and oxygen atoms in total. The fourth-order valence-electron chi connectivity index (χ4n) is 5.64. The number of aromatic nitrogens is 2. The number of nitrogens with zero attached hydrogens (tertiary/aromatic N) is 6. The zero-order valence-electron chi connectivity index (χ0n) is 30.3. The molecule has 6 rings (SSSR count). The van der Waals surface area contributed by atoms with Crippen LogP contribution in [0, 0.1) is 35.8 Å². The molecule has 4 aromatic rings. The summed E-state index contributed by atoms with van der Waals surface area (Å²) in [5.41, 5.74) is 14.3. The van der Waals surface area contributed by atoms with E-state index in [0.29, 0.717) is 45.3 Å². The van der Waals surface area contributed by atoms with E-state index in [-0.39, 0.29) is 65.7 Å². The number of hydrogen-bond donors (Lipinski definition) is 3. The van der Waals surface area contributed by atoms with Gasteiger partial charge in [0.1, 0.15) is 23.8 Å². The molecule has 55 heavy (non-hydrogen) atoms. The fourth-order valence-corrected chi connectivity index (χ4v) is 5.64. The minimum absolute atomic E-state index is 0.0428. The van der Waals surface area contributed by atoms with Crippen LogP contribution in [0.2, 0.25) is 0 Å². The number of nitrogen functional groups attached to an aromatic ring is 2. The molecule has 0 saturated heterocycles. The molecule has 2 aromatic carbocycles. The summed E-state index contributed by atoms with van der Waals surface area (Å²) in [6.07, 6.45) is 0. The van der Waals surface area contributed by atoms with Crippen LogP contribution in [0.4, 0.5) is 23.0 Å². The number of carbonyl (C=O) groups is 2. The van der Waals surface area contributed by atoms with E-state index in [2.05, 4.69) is 31.8 Å². The number of aliphatic hydroxyl groups excluding tert-OH is 1. The number of anilines is 2. The standard InChI is InChI=1S/C19H16N4O4.C18H14N4O4.CH4O/c1-4-25-19(24)10(2)16-12(8-20)15(17(22-3)18(21)23-16)11-5-6-13-14(7-11)27-9-26-13;1-9(18(23)24-3)15-11(7-19)14(16(21-2)17(20)22-15)10-4-5-12-13(6-10)26-8-25-12;1-2/h5-7,10H,4,9H2,1-2H3,(H2,21,23);4-6,9H,8H2,1,3H3,(H2,20,22);2H,1H3. The summed E-state index contributed by atoms with van der Waals surface area (Å²) in [7, 11) is 2.25. The summed E-state index contributed by atoms with van der Waals surface area (Å²) in [6, 6.07) is 14.2. The highest BCUT2D eigenvalue weighted by atomic mass is 16.7. The van der Waals surface area contributed by atoms with E-state index in [1.165, 1.54) is 7.11 Å². The van der Waals surface area contributed by atoms with Crippen molar-refractivity contribution < 1.29 is 43.1 Å². The highest BCUT2D eigenvalue weighted by Crippen LogP contribution is 2.45. The van der Waals surface area contributed by atoms with Crippen molar-refractivity contribution in [3.63, 3.8) is 0 Å². The van der Waals surface area contributed by atoms with E-state index in [4.69, 9.17) is 58.1 Å². The highest BCUT2D eigenvalue weighted by molar-refractivity contribution is 5.93. The van der Waals surface area contributed by atoms with Gasteiger partial charge in [0, 0.05) is 18.2 Å². The van der Waals surface area contributed by atoms with Gasteiger partial charge in [-0.05, 0) is 56.2 Å². The van der Waals surface area contributed by atoms with E-state index in [9.17, 15) is 20.1 Å². The van der Waals surface area contributed by atoms with E-state index in [0.717, 1.165) is 7.11 Å². The first-order valence-corrected chi connectivity index (χ1v) is 16.2. The number of pyridine rings is 2. The van der Waals surface area contributed by atoms with E-state index in [1.807, 2.05) is 0 Å². The van der Waals surface area contributed by atoms with Gasteiger partial charge in [0.05, 0.1) is 61.2 Å². The first kappa shape index (κ1) is 40.2. The first-order chi connectivity index (χ1) is 26.5. The Bertz CT molecular complexity index is 2320. The van der Waals surface area contributed by atoms with Gasteiger partial charge in [-0.3, -0.25) is 9.59 Å². The lowest BCUT2D eigenvalue weighted by Crippen LogP contribution is -2.17. The maximum absolute atomic E-state index is 12.2. The predicted octanol–water partition coefficient (Wildman–Crippen LogP) is 5.52. The molecule has 0 saturated carbocycles. The van der Waals surface area contributed by atoms with E-state index in [1.54, 1.807) is 57.2 Å². The quantitative estimate of drug-likeness (QED) is 0.156. The van der Waals surface area contributed by atoms with Crippen molar-refractivity contribution in [2.24, 2.45) is 0 Å². The Kier molecular flexibility index (Phi) is 13.0. The molecule has 2 aromatic heterocycles. The number of esters is 2. The van der Waals surface area contributed by atoms with Crippen molar-refractivity contribution in [1.29, 1.82) is 10.5 Å². The van der Waals surface area contributed by atoms with Gasteiger partial charge in [-0.25, -0.2) is 19.7 Å². The van der Waals surface area contributed by atoms with Gasteiger partial charge in [-0.1, -0.05) is 12.1 Å². The molecule has 0 fully saturated rings. The molecule has 0 radical (unpaired) electrons. The minimum Gasteiger partial charge on any atom is -0.469 e. The largest absolute Gasteiger partial charge is 0.469 e. The molecule has 280 valence electrons. The minimum atomic E-state index is -0.815. The number of benzene rings is 2. The zero-order valence-corrected chi connectivity index (χ0v) is 30.3. The number of ether oxygens (including phenoxy) is 6. The summed E-state index contributed by atoms with van der Waals surface area (Å²) >= 11 is 0. The summed E-state index contributed by atoms with van der Waals surface area (Å²) in [5, 5.41) is 26.5. The van der Waals surface area contributed by atoms with Crippen LogP contribution in [-0.4, -0.2) is 61.4 Å². The third-order valence-corrected chi connectivity index (χ3v) is 8.24. The van der Waals surface area contributed by atoms with Crippen molar-refractivity contribution in [2.45, 2.75) is 32.6 Å². The molecule has 0 amide bonds. The topological polar surface area (TPSA) is 244 Å². The van der Waals surface area contributed by atoms with Gasteiger partial charge in [0.2, 0.25) is 25.0 Å². The molecular weight excluding hydrogens is 712 g/mol. The Labute approximate surface area is 315 Å². The Hall–Kier alpha value is -7.60. The second-order valence-corrected chi connectivity index (χ2v) is 11.3. The Morgan fingerprint density at radius 2 is 1.20 bits per heavy atom. The van der Waals surface area contributed by atoms with Crippen LogP contribution in [0.3, 0.4) is 0 Å². The normalized spacial score (nSPS) is 12.4. The maximum Gasteiger partial charge on any atom is 0.314 e. The molecule has 0 aliphatic carbocycles. The fraction of sp³-hybridized carbons (Fsp3) is 0.263. The summed E-state index contributed by atoms with van der Waals surface area (Å²) in [6.45, 7) is 20.2. The van der Waals surface area contributed by atoms with Crippen molar-refractivity contribution >= 4 is 34.9 Å². The van der Waals surface area contributed by atoms with Crippen LogP contribution in [-0.2, 0) is 19.1 Å². The second kappa shape index (κ2) is 17.8. The molecule has 5 N–H and O–H groups in total. The molecule has 0 bridgehead atoms. The van der Waals surface area contributed by atoms with E-state index >= 15 is 0 Å².